The number of benzene rings is 6. The van der Waals surface area contributed by atoms with E-state index in [4.69, 9.17) is 9.72 Å². The van der Waals surface area contributed by atoms with E-state index in [1.54, 1.807) is 0 Å². The van der Waals surface area contributed by atoms with Gasteiger partial charge in [0.15, 0.2) is 0 Å². The summed E-state index contributed by atoms with van der Waals surface area (Å²) < 4.78 is 9.13. The van der Waals surface area contributed by atoms with Gasteiger partial charge in [-0.2, -0.15) is 0 Å². The zero-order valence-electron chi connectivity index (χ0n) is 25.5. The molecule has 0 N–H and O–H groups in total. The monoisotopic (exact) mass is 600 g/mol. The van der Waals surface area contributed by atoms with Gasteiger partial charge < -0.3 is 4.74 Å². The molecular weight excluding hydrogens is 572 g/mol. The zero-order chi connectivity index (χ0) is 30.7. The standard InChI is InChI=1S/C44H28N2O/c1-4-14-34-30(11-1)31-12-2-5-15-35(31)44(34)36-16-6-10-20-41(36)47-42-26-28(22-24-37(42)44)27-21-23-29-32-13-3-8-18-39(32)46-40-19-9-7-17-38(40)45-43(46)33(29)25-27/h1-26,30,34H. The van der Waals surface area contributed by atoms with Crippen LogP contribution in [0, 0.1) is 5.92 Å². The molecule has 0 radical (unpaired) electrons. The Hall–Kier alpha value is -5.93. The second-order valence-corrected chi connectivity index (χ2v) is 13.1. The zero-order valence-corrected chi connectivity index (χ0v) is 25.5. The highest BCUT2D eigenvalue weighted by Gasteiger charge is 2.56. The van der Waals surface area contributed by atoms with Crippen molar-refractivity contribution in [2.24, 2.45) is 5.92 Å². The maximum atomic E-state index is 6.82. The normalized spacial score (nSPS) is 20.4. The van der Waals surface area contributed by atoms with Crippen molar-refractivity contribution in [2.45, 2.75) is 11.3 Å². The Bertz CT molecular complexity index is 2700. The van der Waals surface area contributed by atoms with E-state index < -0.39 is 0 Å². The largest absolute Gasteiger partial charge is 0.457 e. The van der Waals surface area contributed by atoms with Gasteiger partial charge in [-0.25, -0.2) is 4.98 Å². The molecule has 2 aromatic heterocycles. The van der Waals surface area contributed by atoms with Crippen LogP contribution in [0.5, 0.6) is 11.5 Å². The number of ether oxygens (including phenoxy) is 1. The van der Waals surface area contributed by atoms with E-state index in [0.717, 1.165) is 44.7 Å². The van der Waals surface area contributed by atoms with E-state index in [-0.39, 0.29) is 11.3 Å². The fourth-order valence-electron chi connectivity index (χ4n) is 9.04. The highest BCUT2D eigenvalue weighted by molar-refractivity contribution is 6.14. The van der Waals surface area contributed by atoms with Gasteiger partial charge in [-0.3, -0.25) is 4.40 Å². The summed E-state index contributed by atoms with van der Waals surface area (Å²) in [7, 11) is 0. The molecule has 0 fully saturated rings. The van der Waals surface area contributed by atoms with Crippen LogP contribution in [0.15, 0.2) is 158 Å². The van der Waals surface area contributed by atoms with Gasteiger partial charge in [-0.15, -0.1) is 0 Å². The quantitative estimate of drug-likeness (QED) is 0.175. The topological polar surface area (TPSA) is 26.5 Å². The summed E-state index contributed by atoms with van der Waals surface area (Å²) in [5.74, 6) is 2.44. The molecule has 47 heavy (non-hydrogen) atoms. The van der Waals surface area contributed by atoms with Crippen LogP contribution in [0.25, 0.3) is 49.5 Å². The van der Waals surface area contributed by atoms with Crippen LogP contribution in [0.2, 0.25) is 0 Å². The molecule has 1 spiro atoms. The number of imidazole rings is 1. The Morgan fingerprint density at radius 1 is 0.553 bits per heavy atom. The molecule has 11 rings (SSSR count). The van der Waals surface area contributed by atoms with Gasteiger partial charge in [0.25, 0.3) is 0 Å². The third-order valence-corrected chi connectivity index (χ3v) is 10.9. The number of hydrogen-bond donors (Lipinski definition) is 0. The third kappa shape index (κ3) is 3.18. The number of para-hydroxylation sites is 4. The van der Waals surface area contributed by atoms with Crippen LogP contribution in [-0.4, -0.2) is 9.38 Å². The lowest BCUT2D eigenvalue weighted by atomic mass is 9.62. The first-order valence-electron chi connectivity index (χ1n) is 16.4. The Morgan fingerprint density at radius 3 is 2.23 bits per heavy atom. The van der Waals surface area contributed by atoms with Gasteiger partial charge in [0.1, 0.15) is 17.1 Å². The number of pyridine rings is 1. The molecular formula is C44H28N2O. The Balaban J connectivity index is 1.16. The highest BCUT2D eigenvalue weighted by Crippen LogP contribution is 2.64. The van der Waals surface area contributed by atoms with Crippen LogP contribution < -0.4 is 4.74 Å². The van der Waals surface area contributed by atoms with Crippen LogP contribution >= 0.6 is 0 Å². The lowest BCUT2D eigenvalue weighted by molar-refractivity contribution is 0.374. The maximum absolute atomic E-state index is 6.82. The number of rotatable bonds is 1. The van der Waals surface area contributed by atoms with Crippen LogP contribution in [-0.2, 0) is 5.41 Å². The van der Waals surface area contributed by atoms with Crippen molar-refractivity contribution in [3.63, 3.8) is 0 Å². The van der Waals surface area contributed by atoms with Crippen LogP contribution in [0.4, 0.5) is 0 Å². The summed E-state index contributed by atoms with van der Waals surface area (Å²) in [6.45, 7) is 0. The molecule has 0 saturated carbocycles. The summed E-state index contributed by atoms with van der Waals surface area (Å²) in [6.07, 6.45) is 9.22. The third-order valence-electron chi connectivity index (χ3n) is 10.9. The molecule has 0 bridgehead atoms. The number of nitrogens with zero attached hydrogens (tertiary/aromatic N) is 2. The number of fused-ring (bicyclic) bond motifs is 17. The number of hydrogen-bond acceptors (Lipinski definition) is 2. The fraction of sp³-hybridized carbons (Fsp3) is 0.0682. The Kier molecular flexibility index (Phi) is 4.89. The first kappa shape index (κ1) is 25.3. The van der Waals surface area contributed by atoms with Crippen LogP contribution in [0.3, 0.4) is 0 Å². The van der Waals surface area contributed by atoms with Crippen molar-refractivity contribution in [3.8, 4) is 22.6 Å². The van der Waals surface area contributed by atoms with E-state index in [2.05, 4.69) is 162 Å². The van der Waals surface area contributed by atoms with E-state index in [1.807, 2.05) is 0 Å². The maximum Gasteiger partial charge on any atom is 0.146 e. The smallest absolute Gasteiger partial charge is 0.146 e. The van der Waals surface area contributed by atoms with Crippen molar-refractivity contribution >= 4 is 38.4 Å². The minimum absolute atomic E-state index is 0.261. The van der Waals surface area contributed by atoms with Gasteiger partial charge in [-0.05, 0) is 64.0 Å². The fourth-order valence-corrected chi connectivity index (χ4v) is 9.04. The van der Waals surface area contributed by atoms with Gasteiger partial charge in [-0.1, -0.05) is 121 Å². The van der Waals surface area contributed by atoms with Gasteiger partial charge >= 0.3 is 0 Å². The molecule has 1 aliphatic heterocycles. The molecule has 8 aromatic rings. The molecule has 0 saturated heterocycles. The predicted molar refractivity (Wildman–Crippen MR) is 190 cm³/mol. The lowest BCUT2D eigenvalue weighted by Gasteiger charge is -2.43. The molecule has 3 atom stereocenters. The van der Waals surface area contributed by atoms with E-state index in [9.17, 15) is 0 Å². The average molecular weight is 601 g/mol. The van der Waals surface area contributed by atoms with Crippen molar-refractivity contribution in [1.82, 2.24) is 9.38 Å². The van der Waals surface area contributed by atoms with E-state index in [0.29, 0.717) is 5.92 Å². The van der Waals surface area contributed by atoms with Crippen molar-refractivity contribution in [2.75, 3.05) is 0 Å². The second kappa shape index (κ2) is 9.08. The highest BCUT2D eigenvalue weighted by atomic mass is 16.5. The summed E-state index contributed by atoms with van der Waals surface area (Å²) in [6, 6.07) is 48.4. The van der Waals surface area contributed by atoms with Crippen LogP contribution in [0.1, 0.15) is 28.2 Å². The SMILES string of the molecule is C1=CC2c3ccccc3C3(c4ccccc4Oc4cc(-c5ccc6c7ccccc7n7c8ccccc8nc7c6c5)ccc43)C2C=C1. The van der Waals surface area contributed by atoms with Gasteiger partial charge in [0.05, 0.1) is 22.0 Å². The molecule has 3 heteroatoms. The number of aromatic nitrogens is 2. The predicted octanol–water partition coefficient (Wildman–Crippen LogP) is 10.7. The van der Waals surface area contributed by atoms with Gasteiger partial charge in [0, 0.05) is 33.7 Å². The van der Waals surface area contributed by atoms with E-state index >= 15 is 0 Å². The van der Waals surface area contributed by atoms with Gasteiger partial charge in [0.2, 0.25) is 0 Å². The Labute approximate surface area is 271 Å². The minimum Gasteiger partial charge on any atom is -0.457 e. The summed E-state index contributed by atoms with van der Waals surface area (Å²) in [4.78, 5) is 5.16. The molecule has 3 unspecified atom stereocenters. The van der Waals surface area contributed by atoms with Crippen molar-refractivity contribution < 1.29 is 4.74 Å². The lowest BCUT2D eigenvalue weighted by Crippen LogP contribution is -2.37. The Morgan fingerprint density at radius 2 is 1.28 bits per heavy atom. The molecule has 0 amide bonds. The minimum atomic E-state index is -0.338. The summed E-state index contributed by atoms with van der Waals surface area (Å²) >= 11 is 0. The molecule has 2 aliphatic carbocycles. The second-order valence-electron chi connectivity index (χ2n) is 13.1. The first-order valence-corrected chi connectivity index (χ1v) is 16.4. The summed E-state index contributed by atoms with van der Waals surface area (Å²) in [5.41, 5.74) is 11.5. The summed E-state index contributed by atoms with van der Waals surface area (Å²) in [5, 5.41) is 3.57. The van der Waals surface area contributed by atoms with Crippen molar-refractivity contribution in [1.29, 1.82) is 0 Å². The molecule has 3 nitrogen and oxygen atoms in total. The van der Waals surface area contributed by atoms with Crippen molar-refractivity contribution in [3.05, 3.63) is 180 Å². The number of allylic oxidation sites excluding steroid dienone is 4. The average Bonchev–Trinajstić information content (AvgIpc) is 3.67. The van der Waals surface area contributed by atoms with E-state index in [1.165, 1.54) is 38.5 Å². The molecule has 3 aliphatic rings. The molecule has 220 valence electrons. The molecule has 6 aromatic carbocycles. The first-order chi connectivity index (χ1) is 23.3. The molecule has 3 heterocycles.